The highest BCUT2D eigenvalue weighted by atomic mass is 16.3. The normalized spacial score (nSPS) is 10.3. The molecule has 0 fully saturated rings. The van der Waals surface area contributed by atoms with E-state index in [1.54, 1.807) is 36.4 Å². The molecule has 0 aliphatic carbocycles. The van der Waals surface area contributed by atoms with E-state index in [1.807, 2.05) is 44.1 Å². The second-order valence-electron chi connectivity index (χ2n) is 6.36. The molecule has 1 heterocycles. The largest absolute Gasteiger partial charge is 0.459 e. The number of carbonyl (C=O) groups excluding carboxylic acids is 2. The van der Waals surface area contributed by atoms with Gasteiger partial charge >= 0.3 is 0 Å². The van der Waals surface area contributed by atoms with Gasteiger partial charge < -0.3 is 20.0 Å². The van der Waals surface area contributed by atoms with Crippen LogP contribution in [0.5, 0.6) is 0 Å². The molecule has 0 unspecified atom stereocenters. The van der Waals surface area contributed by atoms with E-state index in [-0.39, 0.29) is 17.6 Å². The van der Waals surface area contributed by atoms with Gasteiger partial charge in [0.05, 0.1) is 6.26 Å². The number of nitrogens with zero attached hydrogens (tertiary/aromatic N) is 1. The summed E-state index contributed by atoms with van der Waals surface area (Å²) in [6.07, 6.45) is 1.44. The summed E-state index contributed by atoms with van der Waals surface area (Å²) in [5, 5.41) is 5.60. The number of nitrogens with one attached hydrogen (secondary N) is 2. The Labute approximate surface area is 157 Å². The third-order valence-electron chi connectivity index (χ3n) is 4.09. The van der Waals surface area contributed by atoms with E-state index in [0.29, 0.717) is 11.3 Å². The maximum atomic E-state index is 12.4. The number of amides is 2. The molecule has 0 aliphatic rings. The third-order valence-corrected chi connectivity index (χ3v) is 4.09. The molecular weight excluding hydrogens is 342 g/mol. The number of rotatable bonds is 5. The SMILES string of the molecule is Cc1cc(NC(=O)c2ccc(NC(=O)c3ccco3)cc2)ccc1N(C)C. The lowest BCUT2D eigenvalue weighted by atomic mass is 10.1. The summed E-state index contributed by atoms with van der Waals surface area (Å²) in [6, 6.07) is 15.7. The van der Waals surface area contributed by atoms with E-state index >= 15 is 0 Å². The predicted molar refractivity (Wildman–Crippen MR) is 107 cm³/mol. The Morgan fingerprint density at radius 2 is 1.56 bits per heavy atom. The van der Waals surface area contributed by atoms with Crippen LogP contribution >= 0.6 is 0 Å². The van der Waals surface area contributed by atoms with Crippen molar-refractivity contribution in [1.82, 2.24) is 0 Å². The van der Waals surface area contributed by atoms with Crippen molar-refractivity contribution in [3.05, 3.63) is 77.7 Å². The molecule has 138 valence electrons. The van der Waals surface area contributed by atoms with Crippen molar-refractivity contribution in [2.75, 3.05) is 29.6 Å². The van der Waals surface area contributed by atoms with Gasteiger partial charge in [0.15, 0.2) is 5.76 Å². The standard InChI is InChI=1S/C21H21N3O3/c1-14-13-17(10-11-18(14)24(2)3)23-20(25)15-6-8-16(9-7-15)22-21(26)19-5-4-12-27-19/h4-13H,1-3H3,(H,22,26)(H,23,25). The lowest BCUT2D eigenvalue weighted by Crippen LogP contribution is -2.14. The van der Waals surface area contributed by atoms with Crippen LogP contribution in [0.4, 0.5) is 17.1 Å². The number of hydrogen-bond acceptors (Lipinski definition) is 4. The molecule has 1 aromatic heterocycles. The Hall–Kier alpha value is -3.54. The van der Waals surface area contributed by atoms with Crippen LogP contribution in [0.2, 0.25) is 0 Å². The van der Waals surface area contributed by atoms with E-state index in [1.165, 1.54) is 6.26 Å². The van der Waals surface area contributed by atoms with Crippen LogP contribution < -0.4 is 15.5 Å². The Balaban J connectivity index is 1.65. The predicted octanol–water partition coefficient (Wildman–Crippen LogP) is 4.16. The van der Waals surface area contributed by atoms with Crippen LogP contribution in [-0.2, 0) is 0 Å². The summed E-state index contributed by atoms with van der Waals surface area (Å²) in [5.41, 5.74) is 4.00. The lowest BCUT2D eigenvalue weighted by molar-refractivity contribution is 0.0995. The zero-order valence-corrected chi connectivity index (χ0v) is 15.4. The quantitative estimate of drug-likeness (QED) is 0.714. The molecule has 0 spiro atoms. The summed E-state index contributed by atoms with van der Waals surface area (Å²) >= 11 is 0. The van der Waals surface area contributed by atoms with Gasteiger partial charge in [-0.3, -0.25) is 9.59 Å². The first-order valence-corrected chi connectivity index (χ1v) is 8.48. The fourth-order valence-electron chi connectivity index (χ4n) is 2.74. The molecule has 6 nitrogen and oxygen atoms in total. The number of anilines is 3. The maximum Gasteiger partial charge on any atom is 0.291 e. The molecule has 27 heavy (non-hydrogen) atoms. The van der Waals surface area contributed by atoms with Crippen molar-refractivity contribution in [1.29, 1.82) is 0 Å². The highest BCUT2D eigenvalue weighted by Gasteiger charge is 2.11. The average Bonchev–Trinajstić information content (AvgIpc) is 3.17. The molecule has 3 aromatic rings. The zero-order chi connectivity index (χ0) is 19.4. The number of benzene rings is 2. The summed E-state index contributed by atoms with van der Waals surface area (Å²) in [6.45, 7) is 2.00. The number of aryl methyl sites for hydroxylation is 1. The summed E-state index contributed by atoms with van der Waals surface area (Å²) in [5.74, 6) is -0.321. The van der Waals surface area contributed by atoms with Gasteiger partial charge in [-0.25, -0.2) is 0 Å². The minimum atomic E-state index is -0.339. The Morgan fingerprint density at radius 1 is 0.889 bits per heavy atom. The van der Waals surface area contributed by atoms with Crippen molar-refractivity contribution in [3.63, 3.8) is 0 Å². The number of carbonyl (C=O) groups is 2. The fraction of sp³-hybridized carbons (Fsp3) is 0.143. The van der Waals surface area contributed by atoms with Gasteiger partial charge in [0.2, 0.25) is 0 Å². The summed E-state index contributed by atoms with van der Waals surface area (Å²) in [7, 11) is 3.96. The summed E-state index contributed by atoms with van der Waals surface area (Å²) < 4.78 is 5.05. The number of furan rings is 1. The smallest absolute Gasteiger partial charge is 0.291 e. The van der Waals surface area contributed by atoms with Crippen molar-refractivity contribution in [2.45, 2.75) is 6.92 Å². The third kappa shape index (κ3) is 4.36. The van der Waals surface area contributed by atoms with E-state index in [9.17, 15) is 9.59 Å². The highest BCUT2D eigenvalue weighted by Crippen LogP contribution is 2.22. The minimum Gasteiger partial charge on any atom is -0.459 e. The molecule has 0 saturated carbocycles. The fourth-order valence-corrected chi connectivity index (χ4v) is 2.74. The van der Waals surface area contributed by atoms with Gasteiger partial charge in [-0.15, -0.1) is 0 Å². The second kappa shape index (κ2) is 7.78. The van der Waals surface area contributed by atoms with Gasteiger partial charge in [-0.05, 0) is 67.1 Å². The first-order chi connectivity index (χ1) is 12.9. The molecule has 0 radical (unpaired) electrons. The van der Waals surface area contributed by atoms with Gasteiger partial charge in [0, 0.05) is 36.7 Å². The van der Waals surface area contributed by atoms with E-state index in [0.717, 1.165) is 16.9 Å². The molecule has 0 saturated heterocycles. The monoisotopic (exact) mass is 363 g/mol. The molecule has 0 aliphatic heterocycles. The van der Waals surface area contributed by atoms with Crippen molar-refractivity contribution < 1.29 is 14.0 Å². The van der Waals surface area contributed by atoms with Gasteiger partial charge in [0.1, 0.15) is 0 Å². The maximum absolute atomic E-state index is 12.4. The van der Waals surface area contributed by atoms with Crippen LogP contribution in [0.1, 0.15) is 26.5 Å². The van der Waals surface area contributed by atoms with Crippen LogP contribution in [0.25, 0.3) is 0 Å². The van der Waals surface area contributed by atoms with Crippen molar-refractivity contribution >= 4 is 28.9 Å². The van der Waals surface area contributed by atoms with Crippen LogP contribution in [0.15, 0.2) is 65.3 Å². The van der Waals surface area contributed by atoms with Crippen molar-refractivity contribution in [2.24, 2.45) is 0 Å². The van der Waals surface area contributed by atoms with Crippen molar-refractivity contribution in [3.8, 4) is 0 Å². The molecule has 2 N–H and O–H groups in total. The van der Waals surface area contributed by atoms with Gasteiger partial charge in [-0.1, -0.05) is 0 Å². The van der Waals surface area contributed by atoms with E-state index in [2.05, 4.69) is 10.6 Å². The molecule has 3 rings (SSSR count). The highest BCUT2D eigenvalue weighted by molar-refractivity contribution is 6.05. The Kier molecular flexibility index (Phi) is 5.26. The Morgan fingerprint density at radius 3 is 2.15 bits per heavy atom. The molecule has 0 bridgehead atoms. The first-order valence-electron chi connectivity index (χ1n) is 8.48. The molecular formula is C21H21N3O3. The first kappa shape index (κ1) is 18.3. The summed E-state index contributed by atoms with van der Waals surface area (Å²) in [4.78, 5) is 26.4. The van der Waals surface area contributed by atoms with Gasteiger partial charge in [0.25, 0.3) is 11.8 Å². The molecule has 6 heteroatoms. The molecule has 2 amide bonds. The minimum absolute atomic E-state index is 0.212. The Bertz CT molecular complexity index is 945. The molecule has 2 aromatic carbocycles. The second-order valence-corrected chi connectivity index (χ2v) is 6.36. The number of hydrogen-bond donors (Lipinski definition) is 2. The van der Waals surface area contributed by atoms with Gasteiger partial charge in [-0.2, -0.15) is 0 Å². The van der Waals surface area contributed by atoms with E-state index < -0.39 is 0 Å². The van der Waals surface area contributed by atoms with Crippen LogP contribution in [-0.4, -0.2) is 25.9 Å². The lowest BCUT2D eigenvalue weighted by Gasteiger charge is -2.16. The van der Waals surface area contributed by atoms with E-state index in [4.69, 9.17) is 4.42 Å². The van der Waals surface area contributed by atoms with Crippen LogP contribution in [0.3, 0.4) is 0 Å². The molecule has 0 atom stereocenters. The average molecular weight is 363 g/mol. The van der Waals surface area contributed by atoms with Crippen LogP contribution in [0, 0.1) is 6.92 Å². The zero-order valence-electron chi connectivity index (χ0n) is 15.4. The topological polar surface area (TPSA) is 74.6 Å².